The lowest BCUT2D eigenvalue weighted by atomic mass is 9.67. The van der Waals surface area contributed by atoms with Crippen molar-refractivity contribution >= 4 is 60.5 Å². The molecule has 0 spiro atoms. The van der Waals surface area contributed by atoms with E-state index in [2.05, 4.69) is 280 Å². The molecule has 74 heavy (non-hydrogen) atoms. The molecule has 2 heteroatoms. The van der Waals surface area contributed by atoms with Gasteiger partial charge in [0.25, 0.3) is 0 Å². The van der Waals surface area contributed by atoms with Crippen LogP contribution in [0.4, 0.5) is 17.1 Å². The third-order valence-corrected chi connectivity index (χ3v) is 16.5. The number of furan rings is 1. The molecule has 0 fully saturated rings. The molecule has 2 nitrogen and oxygen atoms in total. The molecule has 15 rings (SSSR count). The molecule has 348 valence electrons. The zero-order valence-corrected chi connectivity index (χ0v) is 41.2. The van der Waals surface area contributed by atoms with Crippen molar-refractivity contribution in [1.82, 2.24) is 0 Å². The Bertz CT molecular complexity index is 4350. The Labute approximate surface area is 431 Å². The molecule has 0 amide bonds. The van der Waals surface area contributed by atoms with E-state index in [0.29, 0.717) is 0 Å². The lowest BCUT2D eigenvalue weighted by Crippen LogP contribution is -2.28. The highest BCUT2D eigenvalue weighted by Gasteiger charge is 2.47. The van der Waals surface area contributed by atoms with Crippen molar-refractivity contribution in [3.05, 3.63) is 294 Å². The fourth-order valence-electron chi connectivity index (χ4n) is 13.2. The molecular weight excluding hydrogens is 895 g/mol. The van der Waals surface area contributed by atoms with Gasteiger partial charge >= 0.3 is 0 Å². The molecule has 0 saturated carbocycles. The molecule has 13 aromatic rings. The van der Waals surface area contributed by atoms with Crippen LogP contribution in [0.1, 0.15) is 47.2 Å². The number of anilines is 3. The van der Waals surface area contributed by atoms with E-state index in [1.54, 1.807) is 0 Å². The van der Waals surface area contributed by atoms with Crippen LogP contribution in [0.3, 0.4) is 0 Å². The summed E-state index contributed by atoms with van der Waals surface area (Å²) < 4.78 is 7.17. The van der Waals surface area contributed by atoms with E-state index in [0.717, 1.165) is 60.9 Å². The summed E-state index contributed by atoms with van der Waals surface area (Å²) in [5.74, 6) is 0. The van der Waals surface area contributed by atoms with Crippen LogP contribution in [0, 0.1) is 0 Å². The normalized spacial score (nSPS) is 13.8. The van der Waals surface area contributed by atoms with Gasteiger partial charge in [0.2, 0.25) is 0 Å². The van der Waals surface area contributed by atoms with E-state index in [9.17, 15) is 0 Å². The first kappa shape index (κ1) is 42.4. The van der Waals surface area contributed by atoms with Crippen molar-refractivity contribution < 1.29 is 4.42 Å². The number of hydrogen-bond acceptors (Lipinski definition) is 2. The Hall–Kier alpha value is -9.24. The predicted molar refractivity (Wildman–Crippen MR) is 309 cm³/mol. The van der Waals surface area contributed by atoms with E-state index in [-0.39, 0.29) is 5.41 Å². The average Bonchev–Trinajstić information content (AvgIpc) is 4.08. The van der Waals surface area contributed by atoms with E-state index in [4.69, 9.17) is 4.42 Å². The van der Waals surface area contributed by atoms with E-state index in [1.165, 1.54) is 77.5 Å². The maximum atomic E-state index is 7.17. The Morgan fingerprint density at radius 3 is 1.74 bits per heavy atom. The van der Waals surface area contributed by atoms with Crippen LogP contribution >= 0.6 is 0 Å². The molecule has 0 aliphatic heterocycles. The minimum Gasteiger partial charge on any atom is -0.455 e. The van der Waals surface area contributed by atoms with E-state index < -0.39 is 5.41 Å². The molecule has 2 aliphatic carbocycles. The lowest BCUT2D eigenvalue weighted by molar-refractivity contribution is 0.660. The van der Waals surface area contributed by atoms with E-state index in [1.807, 2.05) is 0 Å². The summed E-state index contributed by atoms with van der Waals surface area (Å²) >= 11 is 0. The van der Waals surface area contributed by atoms with Gasteiger partial charge in [0.15, 0.2) is 0 Å². The van der Waals surface area contributed by atoms with Gasteiger partial charge in [0.05, 0.1) is 11.1 Å². The molecule has 0 bridgehead atoms. The van der Waals surface area contributed by atoms with Gasteiger partial charge < -0.3 is 9.32 Å². The van der Waals surface area contributed by atoms with Crippen LogP contribution < -0.4 is 4.90 Å². The highest BCUT2D eigenvalue weighted by Crippen LogP contribution is 2.60. The van der Waals surface area contributed by atoms with Crippen molar-refractivity contribution in [3.8, 4) is 44.5 Å². The minimum atomic E-state index is -0.603. The summed E-state index contributed by atoms with van der Waals surface area (Å²) in [7, 11) is 0. The highest BCUT2D eigenvalue weighted by molar-refractivity contribution is 6.23. The Kier molecular flexibility index (Phi) is 9.25. The maximum Gasteiger partial charge on any atom is 0.143 e. The smallest absolute Gasteiger partial charge is 0.143 e. The molecular formula is C72H49NO. The first-order chi connectivity index (χ1) is 36.5. The van der Waals surface area contributed by atoms with Crippen LogP contribution in [-0.4, -0.2) is 0 Å². The van der Waals surface area contributed by atoms with Crippen LogP contribution in [0.25, 0.3) is 88.0 Å². The number of rotatable bonds is 7. The van der Waals surface area contributed by atoms with Crippen molar-refractivity contribution in [1.29, 1.82) is 0 Å². The third kappa shape index (κ3) is 6.06. The maximum absolute atomic E-state index is 7.17. The summed E-state index contributed by atoms with van der Waals surface area (Å²) in [6.45, 7) is 4.73. The first-order valence-corrected chi connectivity index (χ1v) is 25.8. The minimum absolute atomic E-state index is 0.159. The number of para-hydroxylation sites is 1. The Balaban J connectivity index is 1.03. The largest absolute Gasteiger partial charge is 0.455 e. The van der Waals surface area contributed by atoms with Crippen molar-refractivity contribution in [2.45, 2.75) is 24.7 Å². The zero-order valence-electron chi connectivity index (χ0n) is 41.2. The number of hydrogen-bond donors (Lipinski definition) is 0. The fraction of sp³-hybridized carbons (Fsp3) is 0.0556. The topological polar surface area (TPSA) is 16.4 Å². The molecule has 2 aliphatic rings. The second-order valence-corrected chi connectivity index (χ2v) is 20.7. The molecule has 0 unspecified atom stereocenters. The van der Waals surface area contributed by atoms with Gasteiger partial charge in [-0.1, -0.05) is 220 Å². The van der Waals surface area contributed by atoms with E-state index >= 15 is 0 Å². The molecule has 1 aromatic heterocycles. The van der Waals surface area contributed by atoms with Gasteiger partial charge in [-0.2, -0.15) is 0 Å². The Morgan fingerprint density at radius 2 is 0.973 bits per heavy atom. The molecule has 1 heterocycles. The summed E-state index contributed by atoms with van der Waals surface area (Å²) in [6.07, 6.45) is 0. The second kappa shape index (κ2) is 16.1. The Morgan fingerprint density at radius 1 is 0.351 bits per heavy atom. The van der Waals surface area contributed by atoms with Gasteiger partial charge in [-0.25, -0.2) is 0 Å². The summed E-state index contributed by atoms with van der Waals surface area (Å²) in [5.41, 5.74) is 21.8. The van der Waals surface area contributed by atoms with Gasteiger partial charge in [0.1, 0.15) is 11.2 Å². The van der Waals surface area contributed by atoms with Crippen LogP contribution in [0.15, 0.2) is 265 Å². The van der Waals surface area contributed by atoms with Gasteiger partial charge in [0, 0.05) is 38.3 Å². The lowest BCUT2D eigenvalue weighted by Gasteiger charge is -2.34. The summed E-state index contributed by atoms with van der Waals surface area (Å²) in [4.78, 5) is 2.46. The first-order valence-electron chi connectivity index (χ1n) is 25.8. The van der Waals surface area contributed by atoms with Gasteiger partial charge in [-0.05, 0) is 143 Å². The number of fused-ring (bicyclic) bond motifs is 12. The predicted octanol–water partition coefficient (Wildman–Crippen LogP) is 19.4. The monoisotopic (exact) mass is 943 g/mol. The van der Waals surface area contributed by atoms with Crippen molar-refractivity contribution in [2.24, 2.45) is 0 Å². The average molecular weight is 944 g/mol. The summed E-state index contributed by atoms with van der Waals surface area (Å²) in [6, 6.07) is 96.7. The number of nitrogens with zero attached hydrogens (tertiary/aromatic N) is 1. The molecule has 0 radical (unpaired) electrons. The quantitative estimate of drug-likeness (QED) is 0.158. The summed E-state index contributed by atoms with van der Waals surface area (Å²) in [5, 5.41) is 6.81. The van der Waals surface area contributed by atoms with Crippen molar-refractivity contribution in [2.75, 3.05) is 4.90 Å². The van der Waals surface area contributed by atoms with Gasteiger partial charge in [-0.15, -0.1) is 0 Å². The van der Waals surface area contributed by atoms with Crippen LogP contribution in [0.2, 0.25) is 0 Å². The van der Waals surface area contributed by atoms with Crippen LogP contribution in [0.5, 0.6) is 0 Å². The second-order valence-electron chi connectivity index (χ2n) is 20.7. The van der Waals surface area contributed by atoms with Crippen LogP contribution in [-0.2, 0) is 10.8 Å². The van der Waals surface area contributed by atoms with Gasteiger partial charge in [-0.3, -0.25) is 0 Å². The SMILES string of the molecule is CC1(C)c2ccccc2-c2ccc(N(c3ccccc3)c3cc4c(oc5cccc(-c6cc(-c7ccc8ccccc8c7)c7c(c6)C(c6ccccc6)(c6ccccc6)c6ccccc6-7)c54)c4ccccc34)cc21. The number of benzene rings is 12. The third-order valence-electron chi connectivity index (χ3n) is 16.5. The highest BCUT2D eigenvalue weighted by atomic mass is 16.3. The molecule has 0 atom stereocenters. The fourth-order valence-corrected chi connectivity index (χ4v) is 13.2. The van der Waals surface area contributed by atoms with Crippen molar-refractivity contribution in [3.63, 3.8) is 0 Å². The standard InChI is InChI=1S/C72H49NO/c1-71(2)62-34-18-16-29-55(62)56-40-39-53(44-64(56)71)73(52-27-10-5-11-28-52)66-45-61-69-54(33-20-36-67(69)74-70(61)58-31-15-14-30-57(58)66)49-42-60(48-38-37-46-21-12-13-22-47(46)41-48)68-59-32-17-19-35-63(59)72(65(68)43-49,50-23-6-3-7-24-50)51-25-8-4-9-26-51/h3-45H,1-2H3. The molecule has 0 N–H and O–H groups in total. The molecule has 0 saturated heterocycles. The zero-order chi connectivity index (χ0) is 49.1. The molecule has 12 aromatic carbocycles.